The third kappa shape index (κ3) is 3.79. The summed E-state index contributed by atoms with van der Waals surface area (Å²) in [7, 11) is 0. The first-order valence-electron chi connectivity index (χ1n) is 8.48. The molecule has 0 aliphatic carbocycles. The Bertz CT molecular complexity index is 1160. The zero-order chi connectivity index (χ0) is 19.5. The van der Waals surface area contributed by atoms with Gasteiger partial charge in [-0.2, -0.15) is 5.10 Å². The summed E-state index contributed by atoms with van der Waals surface area (Å²) in [4.78, 5) is 12.5. The predicted octanol–water partition coefficient (Wildman–Crippen LogP) is 6.54. The number of allylic oxidation sites excluding steroid dienone is 1. The SMILES string of the molecule is O=C(/C=C/c1cn[nH]c1-c1ccccc1)c1ccc(-c2ccc(Cl)c(Cl)c2)o1. The summed E-state index contributed by atoms with van der Waals surface area (Å²) in [6.07, 6.45) is 4.86. The number of halogens is 2. The fourth-order valence-electron chi connectivity index (χ4n) is 2.78. The Morgan fingerprint density at radius 1 is 0.964 bits per heavy atom. The molecule has 1 N–H and O–H groups in total. The van der Waals surface area contributed by atoms with Crippen LogP contribution in [0.5, 0.6) is 0 Å². The number of nitrogens with zero attached hydrogens (tertiary/aromatic N) is 1. The molecule has 0 saturated heterocycles. The number of aromatic nitrogens is 2. The molecule has 0 unspecified atom stereocenters. The number of carbonyl (C=O) groups excluding carboxylic acids is 1. The van der Waals surface area contributed by atoms with Gasteiger partial charge in [-0.1, -0.05) is 53.5 Å². The van der Waals surface area contributed by atoms with E-state index in [4.69, 9.17) is 27.6 Å². The molecule has 0 bridgehead atoms. The Morgan fingerprint density at radius 3 is 2.57 bits per heavy atom. The number of aromatic amines is 1. The van der Waals surface area contributed by atoms with Crippen LogP contribution in [0.25, 0.3) is 28.7 Å². The van der Waals surface area contributed by atoms with E-state index in [-0.39, 0.29) is 11.5 Å². The Labute approximate surface area is 171 Å². The fraction of sp³-hybridized carbons (Fsp3) is 0. The maximum atomic E-state index is 12.5. The highest BCUT2D eigenvalue weighted by Crippen LogP contribution is 2.30. The third-order valence-electron chi connectivity index (χ3n) is 4.20. The van der Waals surface area contributed by atoms with E-state index in [9.17, 15) is 4.79 Å². The predicted molar refractivity (Wildman–Crippen MR) is 112 cm³/mol. The summed E-state index contributed by atoms with van der Waals surface area (Å²) in [5.74, 6) is 0.539. The van der Waals surface area contributed by atoms with Gasteiger partial charge in [0.05, 0.1) is 21.9 Å². The average molecular weight is 409 g/mol. The molecule has 4 nitrogen and oxygen atoms in total. The number of nitrogens with one attached hydrogen (secondary N) is 1. The van der Waals surface area contributed by atoms with Crippen molar-refractivity contribution >= 4 is 35.1 Å². The van der Waals surface area contributed by atoms with E-state index >= 15 is 0 Å². The third-order valence-corrected chi connectivity index (χ3v) is 4.94. The highest BCUT2D eigenvalue weighted by Gasteiger charge is 2.12. The molecule has 138 valence electrons. The van der Waals surface area contributed by atoms with Crippen molar-refractivity contribution in [2.45, 2.75) is 0 Å². The van der Waals surface area contributed by atoms with Crippen molar-refractivity contribution in [3.63, 3.8) is 0 Å². The molecular weight excluding hydrogens is 395 g/mol. The summed E-state index contributed by atoms with van der Waals surface area (Å²) >= 11 is 12.0. The average Bonchev–Trinajstić information content (AvgIpc) is 3.39. The Hall–Kier alpha value is -3.08. The molecule has 0 aliphatic heterocycles. The summed E-state index contributed by atoms with van der Waals surface area (Å²) in [5.41, 5.74) is 3.40. The second-order valence-corrected chi connectivity index (χ2v) is 6.87. The monoisotopic (exact) mass is 408 g/mol. The summed E-state index contributed by atoms with van der Waals surface area (Å²) in [6, 6.07) is 18.3. The molecule has 4 rings (SSSR count). The largest absolute Gasteiger partial charge is 0.453 e. The van der Waals surface area contributed by atoms with E-state index in [0.29, 0.717) is 15.8 Å². The van der Waals surface area contributed by atoms with Crippen LogP contribution in [-0.2, 0) is 0 Å². The summed E-state index contributed by atoms with van der Waals surface area (Å²) in [5, 5.41) is 7.93. The topological polar surface area (TPSA) is 58.9 Å². The Balaban J connectivity index is 1.55. The van der Waals surface area contributed by atoms with E-state index in [1.54, 1.807) is 42.6 Å². The minimum absolute atomic E-state index is 0.238. The molecule has 6 heteroatoms. The van der Waals surface area contributed by atoms with Gasteiger partial charge in [0, 0.05) is 16.7 Å². The summed E-state index contributed by atoms with van der Waals surface area (Å²) < 4.78 is 5.69. The van der Waals surface area contributed by atoms with E-state index in [1.807, 2.05) is 30.3 Å². The maximum absolute atomic E-state index is 12.5. The van der Waals surface area contributed by atoms with Crippen LogP contribution >= 0.6 is 23.2 Å². The van der Waals surface area contributed by atoms with Crippen LogP contribution in [0.3, 0.4) is 0 Å². The zero-order valence-corrected chi connectivity index (χ0v) is 16.0. The second kappa shape index (κ2) is 7.89. The van der Waals surface area contributed by atoms with Crippen LogP contribution in [-0.4, -0.2) is 16.0 Å². The zero-order valence-electron chi connectivity index (χ0n) is 14.5. The van der Waals surface area contributed by atoms with E-state index < -0.39 is 0 Å². The van der Waals surface area contributed by atoms with Gasteiger partial charge >= 0.3 is 0 Å². The van der Waals surface area contributed by atoms with E-state index in [2.05, 4.69) is 10.2 Å². The van der Waals surface area contributed by atoms with Crippen molar-refractivity contribution in [1.29, 1.82) is 0 Å². The minimum Gasteiger partial charge on any atom is -0.453 e. The number of hydrogen-bond acceptors (Lipinski definition) is 3. The van der Waals surface area contributed by atoms with Crippen LogP contribution in [0.2, 0.25) is 10.0 Å². The van der Waals surface area contributed by atoms with Gasteiger partial charge in [0.2, 0.25) is 5.78 Å². The van der Waals surface area contributed by atoms with Gasteiger partial charge in [-0.15, -0.1) is 0 Å². The lowest BCUT2D eigenvalue weighted by Gasteiger charge is -2.00. The van der Waals surface area contributed by atoms with Gasteiger partial charge in [-0.25, -0.2) is 0 Å². The van der Waals surface area contributed by atoms with Gasteiger partial charge in [0.25, 0.3) is 0 Å². The number of rotatable bonds is 5. The molecule has 28 heavy (non-hydrogen) atoms. The Kier molecular flexibility index (Phi) is 5.15. The number of benzene rings is 2. The molecule has 0 aliphatic rings. The number of H-pyrrole nitrogens is 1. The number of furan rings is 1. The quantitative estimate of drug-likeness (QED) is 0.301. The van der Waals surface area contributed by atoms with Crippen molar-refractivity contribution in [2.24, 2.45) is 0 Å². The second-order valence-electron chi connectivity index (χ2n) is 6.06. The first kappa shape index (κ1) is 18.3. The number of carbonyl (C=O) groups is 1. The van der Waals surface area contributed by atoms with Gasteiger partial charge in [0.15, 0.2) is 5.76 Å². The first-order chi connectivity index (χ1) is 13.6. The van der Waals surface area contributed by atoms with Crippen LogP contribution < -0.4 is 0 Å². The van der Waals surface area contributed by atoms with Crippen molar-refractivity contribution in [2.75, 3.05) is 0 Å². The molecule has 0 amide bonds. The van der Waals surface area contributed by atoms with E-state index in [1.165, 1.54) is 6.08 Å². The molecule has 4 aromatic rings. The highest BCUT2D eigenvalue weighted by molar-refractivity contribution is 6.42. The molecule has 2 aromatic carbocycles. The highest BCUT2D eigenvalue weighted by atomic mass is 35.5. The minimum atomic E-state index is -0.244. The normalized spacial score (nSPS) is 11.2. The van der Waals surface area contributed by atoms with Crippen molar-refractivity contribution in [1.82, 2.24) is 10.2 Å². The van der Waals surface area contributed by atoms with Crippen LogP contribution in [0.1, 0.15) is 16.1 Å². The molecule has 0 radical (unpaired) electrons. The smallest absolute Gasteiger partial charge is 0.221 e. The van der Waals surface area contributed by atoms with Gasteiger partial charge in [-0.05, 0) is 42.5 Å². The standard InChI is InChI=1S/C22H14Cl2N2O2/c23-17-8-6-15(12-18(17)24)20-10-11-21(28-20)19(27)9-7-16-13-25-26-22(16)14-4-2-1-3-5-14/h1-13H,(H,25,26)/b9-7+. The van der Waals surface area contributed by atoms with Crippen molar-refractivity contribution < 1.29 is 9.21 Å². The molecule has 0 atom stereocenters. The first-order valence-corrected chi connectivity index (χ1v) is 9.24. The summed E-state index contributed by atoms with van der Waals surface area (Å²) in [6.45, 7) is 0. The number of hydrogen-bond donors (Lipinski definition) is 1. The lowest BCUT2D eigenvalue weighted by atomic mass is 10.1. The number of ketones is 1. The van der Waals surface area contributed by atoms with Gasteiger partial charge in [-0.3, -0.25) is 9.89 Å². The molecule has 0 fully saturated rings. The van der Waals surface area contributed by atoms with Crippen molar-refractivity contribution in [3.8, 4) is 22.6 Å². The molecule has 0 saturated carbocycles. The molecule has 2 aromatic heterocycles. The molecule has 0 spiro atoms. The van der Waals surface area contributed by atoms with Crippen LogP contribution in [0.4, 0.5) is 0 Å². The lowest BCUT2D eigenvalue weighted by molar-refractivity contribution is 0.102. The van der Waals surface area contributed by atoms with Crippen LogP contribution in [0.15, 0.2) is 77.4 Å². The van der Waals surface area contributed by atoms with E-state index in [0.717, 1.165) is 22.4 Å². The van der Waals surface area contributed by atoms with Crippen molar-refractivity contribution in [3.05, 3.63) is 94.3 Å². The Morgan fingerprint density at radius 2 is 1.79 bits per heavy atom. The van der Waals surface area contributed by atoms with Gasteiger partial charge in [0.1, 0.15) is 5.76 Å². The maximum Gasteiger partial charge on any atom is 0.221 e. The molecule has 2 heterocycles. The van der Waals surface area contributed by atoms with Gasteiger partial charge < -0.3 is 4.42 Å². The van der Waals surface area contributed by atoms with Crippen LogP contribution in [0, 0.1) is 0 Å². The molecular formula is C22H14Cl2N2O2. The fourth-order valence-corrected chi connectivity index (χ4v) is 3.08. The lowest BCUT2D eigenvalue weighted by Crippen LogP contribution is -1.90.